The largest absolute Gasteiger partial charge is 0.496 e. The number of nitrogens with zero attached hydrogens (tertiary/aromatic N) is 1. The number of carboxylic acid groups (broad SMARTS) is 1. The number of hydrogen-bond donors (Lipinski definition) is 2. The van der Waals surface area contributed by atoms with Gasteiger partial charge in [0.15, 0.2) is 0 Å². The fourth-order valence-electron chi connectivity index (χ4n) is 2.45. The number of hydrogen-bond acceptors (Lipinski definition) is 5. The zero-order valence-corrected chi connectivity index (χ0v) is 16.3. The van der Waals surface area contributed by atoms with Crippen LogP contribution in [0.1, 0.15) is 34.0 Å². The quantitative estimate of drug-likeness (QED) is 0.536. The first-order valence-corrected chi connectivity index (χ1v) is 9.45. The molecule has 2 aromatic rings. The first kappa shape index (κ1) is 20.5. The van der Waals surface area contributed by atoms with Crippen LogP contribution < -0.4 is 10.2 Å². The lowest BCUT2D eigenvalue weighted by Gasteiger charge is -2.11. The zero-order valence-electron chi connectivity index (χ0n) is 15.5. The average molecular weight is 386 g/mol. The van der Waals surface area contributed by atoms with Crippen molar-refractivity contribution in [2.75, 3.05) is 12.9 Å². The van der Waals surface area contributed by atoms with Gasteiger partial charge in [0.2, 0.25) is 0 Å². The maximum Gasteiger partial charge on any atom is 0.313 e. The monoisotopic (exact) mass is 386 g/mol. The van der Waals surface area contributed by atoms with Gasteiger partial charge in [0, 0.05) is 16.9 Å². The highest BCUT2D eigenvalue weighted by Crippen LogP contribution is 2.25. The summed E-state index contributed by atoms with van der Waals surface area (Å²) in [5.41, 5.74) is 6.38. The fourth-order valence-corrected chi connectivity index (χ4v) is 3.17. The van der Waals surface area contributed by atoms with Gasteiger partial charge in [-0.15, -0.1) is 11.8 Å². The zero-order chi connectivity index (χ0) is 19.8. The summed E-state index contributed by atoms with van der Waals surface area (Å²) in [6.07, 6.45) is 0. The number of hydrazone groups is 1. The van der Waals surface area contributed by atoms with E-state index in [2.05, 4.69) is 10.5 Å². The molecule has 0 bridgehead atoms. The number of ether oxygens (including phenoxy) is 1. The van der Waals surface area contributed by atoms with Gasteiger partial charge in [0.1, 0.15) is 5.75 Å². The molecule has 0 aromatic heterocycles. The molecule has 0 aliphatic rings. The van der Waals surface area contributed by atoms with Gasteiger partial charge in [-0.25, -0.2) is 5.43 Å². The first-order valence-electron chi connectivity index (χ1n) is 8.29. The second kappa shape index (κ2) is 9.78. The van der Waals surface area contributed by atoms with E-state index in [0.717, 1.165) is 16.7 Å². The molecule has 0 fully saturated rings. The van der Waals surface area contributed by atoms with E-state index in [1.165, 1.54) is 11.8 Å². The third-order valence-electron chi connectivity index (χ3n) is 3.90. The molecular weight excluding hydrogens is 364 g/mol. The van der Waals surface area contributed by atoms with E-state index >= 15 is 0 Å². The molecule has 0 saturated carbocycles. The summed E-state index contributed by atoms with van der Waals surface area (Å²) in [6.45, 7) is 3.67. The number of thioether (sulfide) groups is 1. The van der Waals surface area contributed by atoms with Crippen LogP contribution in [0.25, 0.3) is 0 Å². The molecule has 0 radical (unpaired) electrons. The molecule has 0 atom stereocenters. The summed E-state index contributed by atoms with van der Waals surface area (Å²) >= 11 is 1.29. The predicted molar refractivity (Wildman–Crippen MR) is 108 cm³/mol. The summed E-state index contributed by atoms with van der Waals surface area (Å²) < 4.78 is 5.34. The lowest BCUT2D eigenvalue weighted by atomic mass is 10.1. The molecule has 7 heteroatoms. The summed E-state index contributed by atoms with van der Waals surface area (Å²) in [7, 11) is 1.57. The number of aryl methyl sites for hydroxylation is 1. The standard InChI is InChI=1S/C20H22N2O4S/c1-13-6-4-5-7-17(13)20(25)22-21-14(2)15-8-9-18(26-3)16(10-15)11-27-12-19(23)24/h4-10H,11-12H2,1-3H3,(H,22,25)(H,23,24)/b21-14-. The molecule has 0 aliphatic carbocycles. The average Bonchev–Trinajstić information content (AvgIpc) is 2.65. The van der Waals surface area contributed by atoms with Gasteiger partial charge >= 0.3 is 5.97 Å². The Kier molecular flexibility index (Phi) is 7.43. The Balaban J connectivity index is 2.13. The van der Waals surface area contributed by atoms with E-state index < -0.39 is 5.97 Å². The van der Waals surface area contributed by atoms with Crippen LogP contribution in [-0.2, 0) is 10.5 Å². The van der Waals surface area contributed by atoms with Crippen LogP contribution in [0, 0.1) is 6.92 Å². The number of aliphatic carboxylic acids is 1. The fraction of sp³-hybridized carbons (Fsp3) is 0.250. The van der Waals surface area contributed by atoms with Gasteiger partial charge in [-0.1, -0.05) is 18.2 Å². The Labute approximate surface area is 162 Å². The number of carbonyl (C=O) groups excluding carboxylic acids is 1. The Morgan fingerprint density at radius 1 is 1.22 bits per heavy atom. The van der Waals surface area contributed by atoms with E-state index in [9.17, 15) is 9.59 Å². The molecule has 2 aromatic carbocycles. The van der Waals surface area contributed by atoms with Crippen molar-refractivity contribution in [3.05, 3.63) is 64.7 Å². The molecule has 0 saturated heterocycles. The third-order valence-corrected chi connectivity index (χ3v) is 4.86. The molecule has 1 amide bonds. The normalized spacial score (nSPS) is 11.1. The molecule has 6 nitrogen and oxygen atoms in total. The van der Waals surface area contributed by atoms with Crippen molar-refractivity contribution in [1.29, 1.82) is 0 Å². The molecule has 0 aliphatic heterocycles. The minimum atomic E-state index is -0.855. The Hall–Kier alpha value is -2.80. The van der Waals surface area contributed by atoms with Gasteiger partial charge in [0.05, 0.1) is 18.6 Å². The van der Waals surface area contributed by atoms with Crippen molar-refractivity contribution in [2.24, 2.45) is 5.10 Å². The molecule has 2 rings (SSSR count). The van der Waals surface area contributed by atoms with E-state index in [0.29, 0.717) is 22.8 Å². The van der Waals surface area contributed by atoms with E-state index in [1.54, 1.807) is 20.1 Å². The van der Waals surface area contributed by atoms with Crippen LogP contribution in [-0.4, -0.2) is 35.6 Å². The van der Waals surface area contributed by atoms with Crippen LogP contribution in [0.5, 0.6) is 5.75 Å². The highest BCUT2D eigenvalue weighted by Gasteiger charge is 2.10. The van der Waals surface area contributed by atoms with E-state index in [-0.39, 0.29) is 11.7 Å². The number of rotatable bonds is 8. The first-order chi connectivity index (χ1) is 12.9. The van der Waals surface area contributed by atoms with Gasteiger partial charge in [0.25, 0.3) is 5.91 Å². The molecule has 0 spiro atoms. The van der Waals surface area contributed by atoms with Gasteiger partial charge in [-0.05, 0) is 49.2 Å². The summed E-state index contributed by atoms with van der Waals surface area (Å²) in [6, 6.07) is 12.9. The van der Waals surface area contributed by atoms with Gasteiger partial charge in [-0.3, -0.25) is 9.59 Å². The van der Waals surface area contributed by atoms with Crippen molar-refractivity contribution in [3.8, 4) is 5.75 Å². The molecule has 27 heavy (non-hydrogen) atoms. The molecule has 0 heterocycles. The SMILES string of the molecule is COc1ccc(/C(C)=N\NC(=O)c2ccccc2C)cc1CSCC(=O)O. The van der Waals surface area contributed by atoms with Crippen molar-refractivity contribution in [1.82, 2.24) is 5.43 Å². The van der Waals surface area contributed by atoms with Crippen molar-refractivity contribution >= 4 is 29.4 Å². The number of carbonyl (C=O) groups is 2. The highest BCUT2D eigenvalue weighted by molar-refractivity contribution is 7.99. The second-order valence-corrected chi connectivity index (χ2v) is 6.85. The van der Waals surface area contributed by atoms with Crippen molar-refractivity contribution in [2.45, 2.75) is 19.6 Å². The lowest BCUT2D eigenvalue weighted by molar-refractivity contribution is -0.133. The third kappa shape index (κ3) is 5.86. The Bertz CT molecular complexity index is 865. The minimum absolute atomic E-state index is 0.0208. The topological polar surface area (TPSA) is 88.0 Å². The molecule has 0 unspecified atom stereocenters. The van der Waals surface area contributed by atoms with E-state index in [1.807, 2.05) is 43.3 Å². The van der Waals surface area contributed by atoms with Crippen LogP contribution >= 0.6 is 11.8 Å². The highest BCUT2D eigenvalue weighted by atomic mass is 32.2. The number of carboxylic acids is 1. The molecule has 142 valence electrons. The lowest BCUT2D eigenvalue weighted by Crippen LogP contribution is -2.20. The van der Waals surface area contributed by atoms with Crippen LogP contribution in [0.4, 0.5) is 0 Å². The molecular formula is C20H22N2O4S. The number of amides is 1. The van der Waals surface area contributed by atoms with Crippen molar-refractivity contribution < 1.29 is 19.4 Å². The maximum atomic E-state index is 12.3. The van der Waals surface area contributed by atoms with Crippen LogP contribution in [0.2, 0.25) is 0 Å². The summed E-state index contributed by atoms with van der Waals surface area (Å²) in [5.74, 6) is 0.0948. The minimum Gasteiger partial charge on any atom is -0.496 e. The van der Waals surface area contributed by atoms with Gasteiger partial charge < -0.3 is 9.84 Å². The Morgan fingerprint density at radius 2 is 1.96 bits per heavy atom. The summed E-state index contributed by atoms with van der Waals surface area (Å²) in [4.78, 5) is 23.0. The maximum absolute atomic E-state index is 12.3. The van der Waals surface area contributed by atoms with Crippen LogP contribution in [0.15, 0.2) is 47.6 Å². The van der Waals surface area contributed by atoms with Crippen LogP contribution in [0.3, 0.4) is 0 Å². The van der Waals surface area contributed by atoms with E-state index in [4.69, 9.17) is 9.84 Å². The Morgan fingerprint density at radius 3 is 2.63 bits per heavy atom. The second-order valence-electron chi connectivity index (χ2n) is 5.87. The van der Waals surface area contributed by atoms with Gasteiger partial charge in [-0.2, -0.15) is 5.10 Å². The number of nitrogens with one attached hydrogen (secondary N) is 1. The smallest absolute Gasteiger partial charge is 0.313 e. The summed E-state index contributed by atoms with van der Waals surface area (Å²) in [5, 5.41) is 13.0. The number of benzene rings is 2. The van der Waals surface area contributed by atoms with Crippen molar-refractivity contribution in [3.63, 3.8) is 0 Å². The predicted octanol–water partition coefficient (Wildman–Crippen LogP) is 3.48. The molecule has 2 N–H and O–H groups in total. The number of methoxy groups -OCH3 is 1.